The van der Waals surface area contributed by atoms with Crippen molar-refractivity contribution in [2.45, 2.75) is 51.0 Å². The third kappa shape index (κ3) is 7.07. The molecule has 154 valence electrons. The third-order valence-corrected chi connectivity index (χ3v) is 6.21. The molecule has 1 aromatic rings. The van der Waals surface area contributed by atoms with Gasteiger partial charge < -0.3 is 10.6 Å². The molecule has 1 aliphatic rings. The van der Waals surface area contributed by atoms with Gasteiger partial charge >= 0.3 is 0 Å². The molecule has 1 unspecified atom stereocenters. The molecule has 6 nitrogen and oxygen atoms in total. The number of halogens is 1. The zero-order valence-corrected chi connectivity index (χ0v) is 18.0. The minimum atomic E-state index is -3.52. The van der Waals surface area contributed by atoms with Gasteiger partial charge in [-0.3, -0.25) is 4.79 Å². The monoisotopic (exact) mass is 417 g/mol. The summed E-state index contributed by atoms with van der Waals surface area (Å²) in [5.41, 5.74) is 7.04. The number of benzene rings is 1. The second-order valence-corrected chi connectivity index (χ2v) is 9.46. The Kier molecular flexibility index (Phi) is 9.21. The summed E-state index contributed by atoms with van der Waals surface area (Å²) in [6, 6.07) is 6.31. The molecular weight excluding hydrogens is 386 g/mol. The van der Waals surface area contributed by atoms with Gasteiger partial charge in [0.15, 0.2) is 0 Å². The molecular formula is C19H32ClN3O3S. The highest BCUT2D eigenvalue weighted by Gasteiger charge is 2.28. The van der Waals surface area contributed by atoms with Crippen LogP contribution in [0.1, 0.15) is 38.7 Å². The van der Waals surface area contributed by atoms with Crippen LogP contribution in [0.25, 0.3) is 0 Å². The van der Waals surface area contributed by atoms with E-state index in [-0.39, 0.29) is 29.1 Å². The second-order valence-electron chi connectivity index (χ2n) is 7.69. The van der Waals surface area contributed by atoms with Crippen molar-refractivity contribution >= 4 is 28.3 Å². The van der Waals surface area contributed by atoms with E-state index < -0.39 is 16.1 Å². The number of nitrogens with zero attached hydrogens (tertiary/aromatic N) is 1. The standard InChI is InChI=1S/C19H31N3O3S.ClH/c1-14(2)11-18(20)19(23)22-10-4-5-16(13-22)12-21-26(24,25)17-8-6-15(3)7-9-17;/h6-9,14,16,18,21H,4-5,10-13,20H2,1-3H3;1H/t16?,18-;/m0./s1. The molecule has 0 spiro atoms. The highest BCUT2D eigenvalue weighted by Crippen LogP contribution is 2.19. The van der Waals surface area contributed by atoms with Gasteiger partial charge in [-0.1, -0.05) is 31.5 Å². The normalized spacial score (nSPS) is 18.9. The summed E-state index contributed by atoms with van der Waals surface area (Å²) >= 11 is 0. The molecule has 2 rings (SSSR count). The number of nitrogens with one attached hydrogen (secondary N) is 1. The molecule has 3 N–H and O–H groups in total. The number of aryl methyl sites for hydroxylation is 1. The molecule has 1 amide bonds. The first-order chi connectivity index (χ1) is 12.2. The van der Waals surface area contributed by atoms with Gasteiger partial charge in [-0.25, -0.2) is 13.1 Å². The minimum Gasteiger partial charge on any atom is -0.341 e. The van der Waals surface area contributed by atoms with E-state index in [1.165, 1.54) is 0 Å². The highest BCUT2D eigenvalue weighted by molar-refractivity contribution is 7.89. The van der Waals surface area contributed by atoms with Crippen molar-refractivity contribution in [1.82, 2.24) is 9.62 Å². The fraction of sp³-hybridized carbons (Fsp3) is 0.632. The smallest absolute Gasteiger partial charge is 0.240 e. The Morgan fingerprint density at radius 2 is 1.93 bits per heavy atom. The van der Waals surface area contributed by atoms with Crippen LogP contribution in [0, 0.1) is 18.8 Å². The number of amides is 1. The maximum Gasteiger partial charge on any atom is 0.240 e. The average molecular weight is 418 g/mol. The van der Waals surface area contributed by atoms with Crippen molar-refractivity contribution in [2.75, 3.05) is 19.6 Å². The van der Waals surface area contributed by atoms with Gasteiger partial charge in [0.1, 0.15) is 0 Å². The van der Waals surface area contributed by atoms with Gasteiger partial charge in [-0.05, 0) is 50.2 Å². The van der Waals surface area contributed by atoms with E-state index >= 15 is 0 Å². The van der Waals surface area contributed by atoms with E-state index in [9.17, 15) is 13.2 Å². The Labute approximate surface area is 169 Å². The molecule has 0 bridgehead atoms. The minimum absolute atomic E-state index is 0. The molecule has 0 aromatic heterocycles. The van der Waals surface area contributed by atoms with Crippen LogP contribution in [-0.4, -0.2) is 44.9 Å². The first-order valence-corrected chi connectivity index (χ1v) is 10.8. The molecule has 27 heavy (non-hydrogen) atoms. The first kappa shape index (κ1) is 23.9. The summed E-state index contributed by atoms with van der Waals surface area (Å²) in [6.07, 6.45) is 2.44. The lowest BCUT2D eigenvalue weighted by Crippen LogP contribution is -2.50. The molecule has 2 atom stereocenters. The fourth-order valence-corrected chi connectivity index (χ4v) is 4.42. The van der Waals surface area contributed by atoms with Crippen molar-refractivity contribution in [3.8, 4) is 0 Å². The summed E-state index contributed by atoms with van der Waals surface area (Å²) in [7, 11) is -3.52. The molecule has 1 saturated heterocycles. The lowest BCUT2D eigenvalue weighted by atomic mass is 9.96. The lowest BCUT2D eigenvalue weighted by Gasteiger charge is -2.34. The van der Waals surface area contributed by atoms with Crippen LogP contribution in [0.15, 0.2) is 29.2 Å². The zero-order chi connectivity index (χ0) is 19.3. The Morgan fingerprint density at radius 1 is 1.30 bits per heavy atom. The summed E-state index contributed by atoms with van der Waals surface area (Å²) in [4.78, 5) is 14.6. The molecule has 8 heteroatoms. The quantitative estimate of drug-likeness (QED) is 0.711. The van der Waals surface area contributed by atoms with Gasteiger partial charge in [-0.2, -0.15) is 0 Å². The van der Waals surface area contributed by atoms with Gasteiger partial charge in [0.2, 0.25) is 15.9 Å². The van der Waals surface area contributed by atoms with E-state index in [1.54, 1.807) is 29.2 Å². The van der Waals surface area contributed by atoms with Crippen molar-refractivity contribution in [1.29, 1.82) is 0 Å². The summed E-state index contributed by atoms with van der Waals surface area (Å²) < 4.78 is 27.5. The Morgan fingerprint density at radius 3 is 2.52 bits per heavy atom. The van der Waals surface area contributed by atoms with Gasteiger partial charge in [-0.15, -0.1) is 12.4 Å². The predicted molar refractivity (Wildman–Crippen MR) is 110 cm³/mol. The maximum atomic E-state index is 12.5. The number of likely N-dealkylation sites (tertiary alicyclic amines) is 1. The zero-order valence-electron chi connectivity index (χ0n) is 16.3. The first-order valence-electron chi connectivity index (χ1n) is 9.29. The largest absolute Gasteiger partial charge is 0.341 e. The third-order valence-electron chi connectivity index (χ3n) is 4.77. The van der Waals surface area contributed by atoms with Crippen LogP contribution in [0.3, 0.4) is 0 Å². The van der Waals surface area contributed by atoms with E-state index in [4.69, 9.17) is 5.73 Å². The number of carbonyl (C=O) groups is 1. The molecule has 0 aliphatic carbocycles. The molecule has 0 radical (unpaired) electrons. The van der Waals surface area contributed by atoms with E-state index in [0.717, 1.165) is 18.4 Å². The van der Waals surface area contributed by atoms with Crippen LogP contribution in [0.2, 0.25) is 0 Å². The van der Waals surface area contributed by atoms with Crippen molar-refractivity contribution in [2.24, 2.45) is 17.6 Å². The Hall–Kier alpha value is -1.15. The van der Waals surface area contributed by atoms with Crippen molar-refractivity contribution in [3.05, 3.63) is 29.8 Å². The number of hydrogen-bond donors (Lipinski definition) is 2. The summed E-state index contributed by atoms with van der Waals surface area (Å²) in [5.74, 6) is 0.458. The number of hydrogen-bond acceptors (Lipinski definition) is 4. The summed E-state index contributed by atoms with van der Waals surface area (Å²) in [5, 5.41) is 0. The molecule has 1 heterocycles. The lowest BCUT2D eigenvalue weighted by molar-refractivity contribution is -0.134. The van der Waals surface area contributed by atoms with Crippen molar-refractivity contribution in [3.63, 3.8) is 0 Å². The number of sulfonamides is 1. The highest BCUT2D eigenvalue weighted by atomic mass is 35.5. The van der Waals surface area contributed by atoms with E-state index in [0.29, 0.717) is 32.0 Å². The van der Waals surface area contributed by atoms with Crippen LogP contribution in [0.5, 0.6) is 0 Å². The Balaban J connectivity index is 0.00000364. The van der Waals surface area contributed by atoms with Crippen molar-refractivity contribution < 1.29 is 13.2 Å². The summed E-state index contributed by atoms with van der Waals surface area (Å²) in [6.45, 7) is 7.60. The fourth-order valence-electron chi connectivity index (χ4n) is 3.30. The maximum absolute atomic E-state index is 12.5. The molecule has 1 aliphatic heterocycles. The van der Waals surface area contributed by atoms with Gasteiger partial charge in [0.05, 0.1) is 10.9 Å². The Bertz CT molecular complexity index is 707. The van der Waals surface area contributed by atoms with Crippen LogP contribution >= 0.6 is 12.4 Å². The molecule has 0 saturated carbocycles. The molecule has 1 fully saturated rings. The van der Waals surface area contributed by atoms with E-state index in [2.05, 4.69) is 4.72 Å². The average Bonchev–Trinajstić information content (AvgIpc) is 2.59. The number of nitrogens with two attached hydrogens (primary N) is 1. The number of rotatable bonds is 7. The van der Waals surface area contributed by atoms with Gasteiger partial charge in [0, 0.05) is 19.6 Å². The van der Waals surface area contributed by atoms with Crippen LogP contribution < -0.4 is 10.5 Å². The van der Waals surface area contributed by atoms with Gasteiger partial charge in [0.25, 0.3) is 0 Å². The van der Waals surface area contributed by atoms with Crippen LogP contribution in [0.4, 0.5) is 0 Å². The van der Waals surface area contributed by atoms with E-state index in [1.807, 2.05) is 20.8 Å². The number of piperidine rings is 1. The van der Waals surface area contributed by atoms with Crippen LogP contribution in [-0.2, 0) is 14.8 Å². The second kappa shape index (κ2) is 10.4. The molecule has 1 aromatic carbocycles. The topological polar surface area (TPSA) is 92.5 Å². The number of carbonyl (C=O) groups excluding carboxylic acids is 1. The predicted octanol–water partition coefficient (Wildman–Crippen LogP) is 2.31. The SMILES string of the molecule is Cc1ccc(S(=O)(=O)NCC2CCCN(C(=O)[C@@H](N)CC(C)C)C2)cc1.Cl.